The van der Waals surface area contributed by atoms with Gasteiger partial charge in [-0.1, -0.05) is 24.3 Å². The molecule has 0 aliphatic carbocycles. The lowest BCUT2D eigenvalue weighted by molar-refractivity contribution is 0.665. The summed E-state index contributed by atoms with van der Waals surface area (Å²) in [6.07, 6.45) is 7.53. The monoisotopic (exact) mass is 399 g/mol. The molecule has 0 bridgehead atoms. The molecule has 0 spiro atoms. The van der Waals surface area contributed by atoms with Gasteiger partial charge in [-0.25, -0.2) is 4.98 Å². The van der Waals surface area contributed by atoms with Crippen molar-refractivity contribution < 1.29 is 8.83 Å². The van der Waals surface area contributed by atoms with Crippen molar-refractivity contribution in [1.29, 1.82) is 0 Å². The van der Waals surface area contributed by atoms with E-state index in [1.165, 1.54) is 0 Å². The minimum Gasteiger partial charge on any atom is -0.456 e. The molecule has 0 unspecified atom stereocenters. The molecule has 5 aromatic heterocycles. The van der Waals surface area contributed by atoms with E-state index in [9.17, 15) is 0 Å². The van der Waals surface area contributed by atoms with Gasteiger partial charge in [0.1, 0.15) is 22.4 Å². The van der Waals surface area contributed by atoms with E-state index in [-0.39, 0.29) is 0 Å². The van der Waals surface area contributed by atoms with Crippen LogP contribution in [0.5, 0.6) is 0 Å². The Morgan fingerprint density at radius 2 is 1.48 bits per heavy atom. The number of nitrogens with zero attached hydrogens (tertiary/aromatic N) is 3. The van der Waals surface area contributed by atoms with Gasteiger partial charge in [0.25, 0.3) is 0 Å². The second-order valence-electron chi connectivity index (χ2n) is 7.93. The van der Waals surface area contributed by atoms with Crippen molar-refractivity contribution in [1.82, 2.24) is 14.4 Å². The number of hydrogen-bond acceptors (Lipinski definition) is 4. The van der Waals surface area contributed by atoms with E-state index >= 15 is 0 Å². The summed E-state index contributed by atoms with van der Waals surface area (Å²) in [5.41, 5.74) is 5.35. The first kappa shape index (κ1) is 15.5. The molecule has 0 amide bonds. The van der Waals surface area contributed by atoms with E-state index in [4.69, 9.17) is 8.83 Å². The molecule has 0 atom stereocenters. The van der Waals surface area contributed by atoms with Gasteiger partial charge in [-0.3, -0.25) is 9.38 Å². The molecule has 8 rings (SSSR count). The van der Waals surface area contributed by atoms with Crippen molar-refractivity contribution in [2.75, 3.05) is 0 Å². The van der Waals surface area contributed by atoms with E-state index < -0.39 is 0 Å². The lowest BCUT2D eigenvalue weighted by Gasteiger charge is -2.08. The second kappa shape index (κ2) is 5.21. The predicted octanol–water partition coefficient (Wildman–Crippen LogP) is 6.83. The summed E-state index contributed by atoms with van der Waals surface area (Å²) in [6, 6.07) is 18.6. The summed E-state index contributed by atoms with van der Waals surface area (Å²) in [5, 5.41) is 7.50. The number of rotatable bonds is 0. The molecule has 5 heterocycles. The molecule has 8 aromatic rings. The van der Waals surface area contributed by atoms with Crippen LogP contribution in [0.25, 0.3) is 71.2 Å². The first-order valence-electron chi connectivity index (χ1n) is 10.2. The molecule has 5 nitrogen and oxygen atoms in total. The highest BCUT2D eigenvalue weighted by molar-refractivity contribution is 6.23. The SMILES string of the molecule is c1ccc2c(c1)oc1cc3c(cc12)oc1c3ccc2c3cnccc3c3nccn3c21. The Morgan fingerprint density at radius 3 is 2.45 bits per heavy atom. The Labute approximate surface area is 174 Å². The Balaban J connectivity index is 1.61. The zero-order chi connectivity index (χ0) is 20.1. The van der Waals surface area contributed by atoms with Crippen LogP contribution in [0.15, 0.2) is 88.2 Å². The quantitative estimate of drug-likeness (QED) is 0.262. The van der Waals surface area contributed by atoms with Crippen LogP contribution in [0.4, 0.5) is 0 Å². The van der Waals surface area contributed by atoms with Gasteiger partial charge in [0.15, 0.2) is 5.58 Å². The van der Waals surface area contributed by atoms with Crippen LogP contribution in [0, 0.1) is 0 Å². The average Bonchev–Trinajstić information content (AvgIpc) is 3.52. The van der Waals surface area contributed by atoms with E-state index in [2.05, 4.69) is 44.7 Å². The topological polar surface area (TPSA) is 56.5 Å². The van der Waals surface area contributed by atoms with Gasteiger partial charge in [0, 0.05) is 62.5 Å². The summed E-state index contributed by atoms with van der Waals surface area (Å²) in [7, 11) is 0. The Kier molecular flexibility index (Phi) is 2.60. The number of furan rings is 2. The van der Waals surface area contributed by atoms with Crippen LogP contribution in [-0.2, 0) is 0 Å². The smallest absolute Gasteiger partial charge is 0.160 e. The fourth-order valence-corrected chi connectivity index (χ4v) is 4.99. The summed E-state index contributed by atoms with van der Waals surface area (Å²) >= 11 is 0. The highest BCUT2D eigenvalue weighted by atomic mass is 16.3. The maximum atomic E-state index is 6.51. The van der Waals surface area contributed by atoms with E-state index in [1.54, 1.807) is 0 Å². The lowest BCUT2D eigenvalue weighted by Crippen LogP contribution is -1.91. The van der Waals surface area contributed by atoms with Crippen LogP contribution in [0.3, 0.4) is 0 Å². The Hall–Kier alpha value is -4.38. The number of aromatic nitrogens is 3. The maximum Gasteiger partial charge on any atom is 0.160 e. The van der Waals surface area contributed by atoms with Gasteiger partial charge in [-0.15, -0.1) is 0 Å². The van der Waals surface area contributed by atoms with Gasteiger partial charge >= 0.3 is 0 Å². The third kappa shape index (κ3) is 1.82. The number of pyridine rings is 2. The molecule has 0 radical (unpaired) electrons. The molecule has 0 N–H and O–H groups in total. The van der Waals surface area contributed by atoms with Crippen molar-refractivity contribution in [2.24, 2.45) is 0 Å². The van der Waals surface area contributed by atoms with Crippen LogP contribution in [0.1, 0.15) is 0 Å². The normalized spacial score (nSPS) is 12.5. The van der Waals surface area contributed by atoms with Gasteiger partial charge in [-0.05, 0) is 30.3 Å². The number of hydrogen-bond donors (Lipinski definition) is 0. The minimum absolute atomic E-state index is 0.846. The van der Waals surface area contributed by atoms with Gasteiger partial charge < -0.3 is 8.83 Å². The van der Waals surface area contributed by atoms with E-state index in [1.807, 2.05) is 49.1 Å². The van der Waals surface area contributed by atoms with Crippen molar-refractivity contribution in [3.63, 3.8) is 0 Å². The van der Waals surface area contributed by atoms with Crippen molar-refractivity contribution >= 4 is 71.2 Å². The van der Waals surface area contributed by atoms with E-state index in [0.29, 0.717) is 0 Å². The molecule has 0 saturated heterocycles. The highest BCUT2D eigenvalue weighted by Gasteiger charge is 2.18. The molecular weight excluding hydrogens is 386 g/mol. The van der Waals surface area contributed by atoms with Gasteiger partial charge in [0.05, 0.1) is 5.52 Å². The molecule has 144 valence electrons. The third-order valence-electron chi connectivity index (χ3n) is 6.35. The lowest BCUT2D eigenvalue weighted by atomic mass is 10.0. The molecule has 5 heteroatoms. The molecular formula is C26H13N3O2. The predicted molar refractivity (Wildman–Crippen MR) is 123 cm³/mol. The molecule has 3 aromatic carbocycles. The fourth-order valence-electron chi connectivity index (χ4n) is 4.99. The van der Waals surface area contributed by atoms with Crippen molar-refractivity contribution in [2.45, 2.75) is 0 Å². The van der Waals surface area contributed by atoms with Crippen LogP contribution < -0.4 is 0 Å². The summed E-state index contributed by atoms with van der Waals surface area (Å²) in [5.74, 6) is 0. The molecule has 0 aliphatic rings. The number of benzene rings is 3. The molecule has 0 fully saturated rings. The zero-order valence-electron chi connectivity index (χ0n) is 16.2. The zero-order valence-corrected chi connectivity index (χ0v) is 16.2. The van der Waals surface area contributed by atoms with Crippen LogP contribution in [-0.4, -0.2) is 14.4 Å². The first-order chi connectivity index (χ1) is 15.4. The number of para-hydroxylation sites is 1. The number of imidazole rings is 1. The maximum absolute atomic E-state index is 6.51. The standard InChI is InChI=1S/C26H13N3O2/c1-2-4-21-14(3-1)18-11-23-19(12-22(18)30-21)16-6-5-15-20-13-27-8-7-17(20)26-28-9-10-29(26)24(15)25(16)31-23/h1-13H. The Bertz CT molecular complexity index is 2010. The van der Waals surface area contributed by atoms with Crippen molar-refractivity contribution in [3.05, 3.63) is 79.4 Å². The average molecular weight is 399 g/mol. The second-order valence-corrected chi connectivity index (χ2v) is 7.93. The molecule has 0 saturated carbocycles. The largest absolute Gasteiger partial charge is 0.456 e. The minimum atomic E-state index is 0.846. The Morgan fingerprint density at radius 1 is 0.645 bits per heavy atom. The van der Waals surface area contributed by atoms with Crippen LogP contribution in [0.2, 0.25) is 0 Å². The summed E-state index contributed by atoms with van der Waals surface area (Å²) in [4.78, 5) is 8.96. The third-order valence-corrected chi connectivity index (χ3v) is 6.35. The van der Waals surface area contributed by atoms with Crippen molar-refractivity contribution in [3.8, 4) is 0 Å². The number of fused-ring (bicyclic) bond motifs is 13. The first-order valence-corrected chi connectivity index (χ1v) is 10.2. The van der Waals surface area contributed by atoms with E-state index in [0.717, 1.165) is 71.2 Å². The molecule has 0 aliphatic heterocycles. The van der Waals surface area contributed by atoms with Gasteiger partial charge in [0.2, 0.25) is 0 Å². The summed E-state index contributed by atoms with van der Waals surface area (Å²) in [6.45, 7) is 0. The fraction of sp³-hybridized carbons (Fsp3) is 0. The highest BCUT2D eigenvalue weighted by Crippen LogP contribution is 2.40. The van der Waals surface area contributed by atoms with Crippen LogP contribution >= 0.6 is 0 Å². The summed E-state index contributed by atoms with van der Waals surface area (Å²) < 4.78 is 14.7. The van der Waals surface area contributed by atoms with Gasteiger partial charge in [-0.2, -0.15) is 0 Å². The molecule has 31 heavy (non-hydrogen) atoms.